The summed E-state index contributed by atoms with van der Waals surface area (Å²) in [6.45, 7) is 7.69. The first-order valence-corrected chi connectivity index (χ1v) is 6.88. The molecule has 0 aliphatic carbocycles. The molecule has 0 unspecified atom stereocenters. The van der Waals surface area contributed by atoms with Gasteiger partial charge in [-0.15, -0.1) is 24.8 Å². The summed E-state index contributed by atoms with van der Waals surface area (Å²) in [7, 11) is 0. The zero-order valence-electron chi connectivity index (χ0n) is 18.9. The van der Waals surface area contributed by atoms with Crippen LogP contribution in [-0.2, 0) is 28.8 Å². The number of carboxylic acid groups (broad SMARTS) is 6. The number of hydrogen-bond acceptors (Lipinski definition) is 10. The number of carboxylic acids is 6. The lowest BCUT2D eigenvalue weighted by Crippen LogP contribution is -2.11. The van der Waals surface area contributed by atoms with Crippen LogP contribution in [0.2, 0.25) is 0 Å². The van der Waals surface area contributed by atoms with Gasteiger partial charge in [-0.1, -0.05) is 0 Å². The Morgan fingerprint density at radius 3 is 0.469 bits per heavy atom. The number of halogens is 2. The predicted octanol–water partition coefficient (Wildman–Crippen LogP) is 0.617. The molecule has 16 N–H and O–H groups in total. The molecule has 0 radical (unpaired) electrons. The quantitative estimate of drug-likeness (QED) is 0.223. The van der Waals surface area contributed by atoms with E-state index in [1.807, 2.05) is 0 Å². The van der Waals surface area contributed by atoms with Crippen molar-refractivity contribution in [1.82, 2.24) is 12.3 Å². The average Bonchev–Trinajstić information content (AvgIpc) is 2.34. The van der Waals surface area contributed by atoms with Gasteiger partial charge in [0.25, 0.3) is 35.8 Å². The summed E-state index contributed by atoms with van der Waals surface area (Å²) in [6.07, 6.45) is 0. The Hall–Kier alpha value is -2.76. The van der Waals surface area contributed by atoms with E-state index in [1.165, 1.54) is 0 Å². The first-order valence-electron chi connectivity index (χ1n) is 6.88. The van der Waals surface area contributed by atoms with Crippen LogP contribution in [0, 0.1) is 0 Å². The van der Waals surface area contributed by atoms with E-state index >= 15 is 0 Å². The van der Waals surface area contributed by atoms with Crippen LogP contribution in [0.15, 0.2) is 0 Å². The molecule has 202 valence electrons. The molecule has 0 saturated carbocycles. The molecular weight excluding hydrogens is 487 g/mol. The van der Waals surface area contributed by atoms with Gasteiger partial charge in [-0.05, 0) is 0 Å². The van der Waals surface area contributed by atoms with Crippen molar-refractivity contribution in [1.29, 1.82) is 0 Å². The van der Waals surface area contributed by atoms with Crippen LogP contribution in [0.1, 0.15) is 41.5 Å². The van der Waals surface area contributed by atoms with Gasteiger partial charge in [0.05, 0.1) is 0 Å². The van der Waals surface area contributed by atoms with Gasteiger partial charge in [0.15, 0.2) is 0 Å². The minimum absolute atomic E-state index is 0. The Morgan fingerprint density at radius 1 is 0.438 bits per heavy atom. The Bertz CT molecular complexity index is 309. The molecule has 32 heavy (non-hydrogen) atoms. The van der Waals surface area contributed by atoms with E-state index in [0.29, 0.717) is 13.1 Å². The predicted molar refractivity (Wildman–Crippen MR) is 123 cm³/mol. The van der Waals surface area contributed by atoms with Gasteiger partial charge in [-0.3, -0.25) is 28.8 Å². The number of nitrogens with two attached hydrogens (primary N) is 2. The summed E-state index contributed by atoms with van der Waals surface area (Å²) < 4.78 is 0. The maximum atomic E-state index is 9.00. The third-order valence-corrected chi connectivity index (χ3v) is 0.167. The zero-order valence-corrected chi connectivity index (χ0v) is 20.6. The van der Waals surface area contributed by atoms with Crippen molar-refractivity contribution in [2.45, 2.75) is 41.5 Å². The lowest BCUT2D eigenvalue weighted by atomic mass is 10.7. The van der Waals surface area contributed by atoms with Gasteiger partial charge in [-0.2, -0.15) is 0 Å². The highest BCUT2D eigenvalue weighted by Crippen LogP contribution is 1.43. The molecule has 0 bridgehead atoms. The van der Waals surface area contributed by atoms with Crippen LogP contribution in [0.3, 0.4) is 0 Å². The number of hydrogen-bond donors (Lipinski definition) is 10. The van der Waals surface area contributed by atoms with Crippen molar-refractivity contribution in [3.63, 3.8) is 0 Å². The molecule has 16 nitrogen and oxygen atoms in total. The highest BCUT2D eigenvalue weighted by atomic mass is 35.5. The van der Waals surface area contributed by atoms with Gasteiger partial charge in [0.1, 0.15) is 0 Å². The molecule has 0 saturated heterocycles. The summed E-state index contributed by atoms with van der Waals surface area (Å²) in [5.41, 5.74) is 9.81. The third-order valence-electron chi connectivity index (χ3n) is 0.167. The standard InChI is InChI=1S/C2H8N2.6C2H4O2.2ClH.2H3N/c3-1-2-4;6*1-2(3)4;;;;/h1-4H2;6*1H3,(H,3,4);2*1H;2*1H3. The van der Waals surface area contributed by atoms with Crippen molar-refractivity contribution in [2.75, 3.05) is 13.1 Å². The lowest BCUT2D eigenvalue weighted by Gasteiger charge is -1.72. The van der Waals surface area contributed by atoms with E-state index in [9.17, 15) is 0 Å². The highest BCUT2D eigenvalue weighted by molar-refractivity contribution is 5.85. The molecule has 18 heteroatoms. The molecule has 0 aliphatic heterocycles. The van der Waals surface area contributed by atoms with E-state index < -0.39 is 35.8 Å². The Labute approximate surface area is 199 Å². The van der Waals surface area contributed by atoms with Crippen LogP contribution in [0.5, 0.6) is 0 Å². The van der Waals surface area contributed by atoms with Gasteiger partial charge < -0.3 is 54.4 Å². The van der Waals surface area contributed by atoms with E-state index in [1.54, 1.807) is 0 Å². The first kappa shape index (κ1) is 70.1. The molecule has 0 rings (SSSR count). The summed E-state index contributed by atoms with van der Waals surface area (Å²) in [4.78, 5) is 54.0. The van der Waals surface area contributed by atoms with Crippen LogP contribution in [0.4, 0.5) is 0 Å². The van der Waals surface area contributed by atoms with Gasteiger partial charge in [0.2, 0.25) is 0 Å². The van der Waals surface area contributed by atoms with E-state index in [0.717, 1.165) is 41.5 Å². The zero-order chi connectivity index (χ0) is 24.9. The fraction of sp³-hybridized carbons (Fsp3) is 0.571. The largest absolute Gasteiger partial charge is 0.481 e. The molecule has 0 aliphatic rings. The maximum absolute atomic E-state index is 9.00. The SMILES string of the molecule is CC(=O)O.CC(=O)O.CC(=O)O.CC(=O)O.CC(=O)O.CC(=O)O.Cl.Cl.N.N.NCCN. The van der Waals surface area contributed by atoms with Crippen molar-refractivity contribution < 1.29 is 59.4 Å². The first-order chi connectivity index (χ1) is 12.3. The van der Waals surface area contributed by atoms with Crippen LogP contribution in [0.25, 0.3) is 0 Å². The molecule has 0 amide bonds. The van der Waals surface area contributed by atoms with Gasteiger partial charge in [0, 0.05) is 54.6 Å². The Morgan fingerprint density at radius 2 is 0.469 bits per heavy atom. The fourth-order valence-corrected chi connectivity index (χ4v) is 0. The average molecular weight is 527 g/mol. The third kappa shape index (κ3) is 6050. The second kappa shape index (κ2) is 70.5. The van der Waals surface area contributed by atoms with Crippen molar-refractivity contribution >= 4 is 60.6 Å². The molecule has 0 atom stereocenters. The Balaban J connectivity index is -0.0000000175. The second-order valence-corrected chi connectivity index (χ2v) is 3.69. The Kier molecular flexibility index (Phi) is 154. The van der Waals surface area contributed by atoms with Crippen molar-refractivity contribution in [3.05, 3.63) is 0 Å². The molecule has 0 heterocycles. The van der Waals surface area contributed by atoms with E-state index in [-0.39, 0.29) is 37.1 Å². The molecule has 0 spiro atoms. The number of rotatable bonds is 1. The topological polar surface area (TPSA) is 346 Å². The summed E-state index contributed by atoms with van der Waals surface area (Å²) in [5.74, 6) is -5.00. The smallest absolute Gasteiger partial charge is 0.300 e. The van der Waals surface area contributed by atoms with Crippen LogP contribution in [-0.4, -0.2) is 79.5 Å². The fourth-order valence-electron chi connectivity index (χ4n) is 0. The molecule has 0 aromatic rings. The minimum atomic E-state index is -0.833. The van der Waals surface area contributed by atoms with Gasteiger partial charge >= 0.3 is 0 Å². The van der Waals surface area contributed by atoms with Crippen molar-refractivity contribution in [2.24, 2.45) is 11.5 Å². The molecular formula is C14H40Cl2N4O12. The van der Waals surface area contributed by atoms with E-state index in [2.05, 4.69) is 0 Å². The van der Waals surface area contributed by atoms with Crippen molar-refractivity contribution in [3.8, 4) is 0 Å². The van der Waals surface area contributed by atoms with Crippen LogP contribution < -0.4 is 23.8 Å². The number of carbonyl (C=O) groups is 6. The molecule has 0 aromatic heterocycles. The summed E-state index contributed by atoms with van der Waals surface area (Å²) in [5, 5.41) is 44.5. The van der Waals surface area contributed by atoms with Crippen LogP contribution >= 0.6 is 24.8 Å². The minimum Gasteiger partial charge on any atom is -0.481 e. The molecule has 0 fully saturated rings. The molecule has 0 aromatic carbocycles. The summed E-state index contributed by atoms with van der Waals surface area (Å²) >= 11 is 0. The summed E-state index contributed by atoms with van der Waals surface area (Å²) in [6, 6.07) is 0. The normalized spacial score (nSPS) is 5.62. The maximum Gasteiger partial charge on any atom is 0.300 e. The monoisotopic (exact) mass is 526 g/mol. The number of aliphatic carboxylic acids is 6. The highest BCUT2D eigenvalue weighted by Gasteiger charge is 1.67. The second-order valence-electron chi connectivity index (χ2n) is 3.69. The lowest BCUT2D eigenvalue weighted by molar-refractivity contribution is -0.135. The van der Waals surface area contributed by atoms with E-state index in [4.69, 9.17) is 70.9 Å². The van der Waals surface area contributed by atoms with Gasteiger partial charge in [-0.25, -0.2) is 0 Å².